The van der Waals surface area contributed by atoms with Gasteiger partial charge in [-0.3, -0.25) is 0 Å². The zero-order valence-corrected chi connectivity index (χ0v) is 12.1. The van der Waals surface area contributed by atoms with E-state index in [1.54, 1.807) is 0 Å². The van der Waals surface area contributed by atoms with Crippen molar-refractivity contribution in [3.8, 4) is 0 Å². The molecule has 0 aliphatic heterocycles. The summed E-state index contributed by atoms with van der Waals surface area (Å²) in [5, 5.41) is 31.0. The summed E-state index contributed by atoms with van der Waals surface area (Å²) in [5.74, 6) is -0.486. The second-order valence-corrected chi connectivity index (χ2v) is 7.01. The molecule has 9 heteroatoms. The predicted octanol–water partition coefficient (Wildman–Crippen LogP) is -1.91. The standard InChI is InChI=1S/C10H22BNO6S/c1-8(2)3-10(6-13,7-14)12-4-9(15)5-19(17,18)11-16/h8-9,12-15H,3-7H2,1-2H3. The van der Waals surface area contributed by atoms with Gasteiger partial charge in [0.1, 0.15) is 0 Å². The van der Waals surface area contributed by atoms with Crippen molar-refractivity contribution in [2.75, 3.05) is 25.5 Å². The molecule has 7 nitrogen and oxygen atoms in total. The van der Waals surface area contributed by atoms with Gasteiger partial charge in [0.2, 0.25) is 0 Å². The van der Waals surface area contributed by atoms with Crippen molar-refractivity contribution in [1.29, 1.82) is 0 Å². The van der Waals surface area contributed by atoms with Crippen molar-refractivity contribution >= 4 is 16.1 Å². The predicted molar refractivity (Wildman–Crippen MR) is 70.6 cm³/mol. The molecular formula is C10H22BNO6S. The topological polar surface area (TPSA) is 124 Å². The van der Waals surface area contributed by atoms with Gasteiger partial charge in [0.05, 0.1) is 0 Å². The summed E-state index contributed by atoms with van der Waals surface area (Å²) in [6, 6.07) is 0. The van der Waals surface area contributed by atoms with Crippen molar-refractivity contribution < 1.29 is 28.4 Å². The second-order valence-electron chi connectivity index (χ2n) is 5.16. The van der Waals surface area contributed by atoms with Crippen molar-refractivity contribution in [2.45, 2.75) is 31.9 Å². The third kappa shape index (κ3) is 7.12. The molecule has 0 amide bonds. The van der Waals surface area contributed by atoms with Crippen LogP contribution in [0.15, 0.2) is 0 Å². The van der Waals surface area contributed by atoms with E-state index in [1.807, 2.05) is 13.8 Å². The zero-order valence-electron chi connectivity index (χ0n) is 11.2. The van der Waals surface area contributed by atoms with E-state index in [2.05, 4.69) is 5.32 Å². The Balaban J connectivity index is 4.52. The van der Waals surface area contributed by atoms with Crippen LogP contribution < -0.4 is 5.32 Å². The summed E-state index contributed by atoms with van der Waals surface area (Å²) in [4.78, 5) is 0. The van der Waals surface area contributed by atoms with E-state index in [0.29, 0.717) is 6.42 Å². The van der Waals surface area contributed by atoms with Gasteiger partial charge in [-0.2, -0.15) is 0 Å². The summed E-state index contributed by atoms with van der Waals surface area (Å²) in [7, 11) is -3.92. The van der Waals surface area contributed by atoms with Gasteiger partial charge in [-0.1, -0.05) is 0 Å². The average molecular weight is 295 g/mol. The Morgan fingerprint density at radius 3 is 2.16 bits per heavy atom. The molecule has 1 unspecified atom stereocenters. The van der Waals surface area contributed by atoms with Gasteiger partial charge >= 0.3 is 113 Å². The SMILES string of the molecule is CC(C)CC(CO)(CO)NCC(O)CS(=O)(=O)B=O. The Morgan fingerprint density at radius 2 is 1.79 bits per heavy atom. The van der Waals surface area contributed by atoms with Crippen molar-refractivity contribution in [3.05, 3.63) is 0 Å². The fourth-order valence-electron chi connectivity index (χ4n) is 1.85. The first kappa shape index (κ1) is 18.7. The van der Waals surface area contributed by atoms with Crippen LogP contribution in [0.1, 0.15) is 20.3 Å². The maximum absolute atomic E-state index is 11.0. The molecule has 19 heavy (non-hydrogen) atoms. The zero-order chi connectivity index (χ0) is 15.1. The van der Waals surface area contributed by atoms with Crippen LogP contribution in [0.4, 0.5) is 0 Å². The molecule has 112 valence electrons. The summed E-state index contributed by atoms with van der Waals surface area (Å²) in [5.41, 5.74) is -0.972. The molecule has 0 aromatic carbocycles. The van der Waals surface area contributed by atoms with Crippen LogP contribution in [-0.2, 0) is 14.4 Å². The van der Waals surface area contributed by atoms with Gasteiger partial charge in [0, 0.05) is 0 Å². The van der Waals surface area contributed by atoms with Crippen LogP contribution in [0.3, 0.4) is 0 Å². The van der Waals surface area contributed by atoms with Crippen molar-refractivity contribution in [1.82, 2.24) is 5.32 Å². The molecule has 0 fully saturated rings. The van der Waals surface area contributed by atoms with Crippen LogP contribution in [0.2, 0.25) is 0 Å². The van der Waals surface area contributed by atoms with Crippen LogP contribution in [0, 0.1) is 5.92 Å². The number of aliphatic hydroxyl groups excluding tert-OH is 3. The molecule has 0 aromatic rings. The van der Waals surface area contributed by atoms with Crippen molar-refractivity contribution in [3.63, 3.8) is 0 Å². The number of hydrogen-bond acceptors (Lipinski definition) is 7. The number of rotatable bonds is 10. The summed E-state index contributed by atoms with van der Waals surface area (Å²) in [6.45, 7) is 3.01. The Kier molecular flexibility index (Phi) is 7.91. The second kappa shape index (κ2) is 8.06. The number of hydrogen-bond donors (Lipinski definition) is 4. The average Bonchev–Trinajstić information content (AvgIpc) is 2.33. The fourth-order valence-corrected chi connectivity index (χ4v) is 2.58. The summed E-state index contributed by atoms with van der Waals surface area (Å²) < 4.78 is 32.2. The first-order valence-electron chi connectivity index (χ1n) is 6.03. The van der Waals surface area contributed by atoms with Crippen LogP contribution >= 0.6 is 0 Å². The van der Waals surface area contributed by atoms with E-state index in [-0.39, 0.29) is 32.1 Å². The molecule has 0 aromatic heterocycles. The summed E-state index contributed by atoms with van der Waals surface area (Å²) in [6.07, 6.45) is -1.01. The Morgan fingerprint density at radius 1 is 1.26 bits per heavy atom. The fraction of sp³-hybridized carbons (Fsp3) is 1.00. The maximum atomic E-state index is 11.0. The van der Waals surface area contributed by atoms with E-state index in [9.17, 15) is 28.4 Å². The minimum absolute atomic E-state index is 0.138. The molecular weight excluding hydrogens is 273 g/mol. The van der Waals surface area contributed by atoms with E-state index >= 15 is 0 Å². The van der Waals surface area contributed by atoms with Gasteiger partial charge < -0.3 is 0 Å². The number of nitrogens with one attached hydrogen (secondary N) is 1. The molecule has 0 bridgehead atoms. The van der Waals surface area contributed by atoms with E-state index < -0.39 is 27.1 Å². The first-order valence-corrected chi connectivity index (χ1v) is 7.74. The van der Waals surface area contributed by atoms with Gasteiger partial charge in [0.15, 0.2) is 0 Å². The monoisotopic (exact) mass is 295 g/mol. The van der Waals surface area contributed by atoms with Gasteiger partial charge in [-0.15, -0.1) is 0 Å². The molecule has 0 aliphatic carbocycles. The number of β-amino-alcohol motifs (C(OH)–C–C–N with tert-alkyl or cyclic N) is 1. The normalized spacial score (nSPS) is 14.4. The molecule has 0 spiro atoms. The van der Waals surface area contributed by atoms with Gasteiger partial charge in [-0.05, 0) is 0 Å². The minimum atomic E-state index is -3.92. The van der Waals surface area contributed by atoms with Gasteiger partial charge in [0.25, 0.3) is 0 Å². The molecule has 0 radical (unpaired) electrons. The van der Waals surface area contributed by atoms with Crippen molar-refractivity contribution in [2.24, 2.45) is 5.92 Å². The molecule has 0 heterocycles. The van der Waals surface area contributed by atoms with E-state index in [4.69, 9.17) is 0 Å². The molecule has 0 saturated carbocycles. The van der Waals surface area contributed by atoms with Crippen LogP contribution in [0.5, 0.6) is 0 Å². The Labute approximate surface area is 114 Å². The van der Waals surface area contributed by atoms with Crippen LogP contribution in [-0.4, -0.2) is 67.3 Å². The number of aliphatic hydroxyl groups is 3. The Hall–Kier alpha value is -0.345. The molecule has 1 atom stereocenters. The van der Waals surface area contributed by atoms with E-state index in [1.165, 1.54) is 0 Å². The van der Waals surface area contributed by atoms with E-state index in [0.717, 1.165) is 0 Å². The van der Waals surface area contributed by atoms with Gasteiger partial charge in [-0.25, -0.2) is 0 Å². The molecule has 0 aliphatic rings. The molecule has 0 saturated heterocycles. The molecule has 4 N–H and O–H groups in total. The van der Waals surface area contributed by atoms with Crippen LogP contribution in [0.25, 0.3) is 0 Å². The third-order valence-electron chi connectivity index (χ3n) is 2.69. The quantitative estimate of drug-likeness (QED) is 0.346. The first-order chi connectivity index (χ1) is 8.70. The third-order valence-corrected chi connectivity index (χ3v) is 3.83. The summed E-state index contributed by atoms with van der Waals surface area (Å²) >= 11 is 0. The Bertz CT molecular complexity index is 368. The molecule has 0 rings (SSSR count).